The summed E-state index contributed by atoms with van der Waals surface area (Å²) in [4.78, 5) is 2.55. The van der Waals surface area contributed by atoms with Crippen LogP contribution in [0.2, 0.25) is 0 Å². The van der Waals surface area contributed by atoms with Crippen LogP contribution in [0.1, 0.15) is 44.9 Å². The van der Waals surface area contributed by atoms with Gasteiger partial charge in [0.2, 0.25) is 0 Å². The molecule has 0 radical (unpaired) electrons. The Morgan fingerprint density at radius 2 is 1.96 bits per heavy atom. The van der Waals surface area contributed by atoms with Gasteiger partial charge in [0.25, 0.3) is 0 Å². The van der Waals surface area contributed by atoms with Crippen molar-refractivity contribution in [2.24, 2.45) is 23.2 Å². The van der Waals surface area contributed by atoms with E-state index in [2.05, 4.69) is 11.9 Å². The number of hydrogen-bond acceptors (Lipinski definition) is 5. The van der Waals surface area contributed by atoms with Crippen molar-refractivity contribution in [3.8, 4) is 0 Å². The van der Waals surface area contributed by atoms with Crippen LogP contribution in [-0.2, 0) is 9.47 Å². The van der Waals surface area contributed by atoms with Gasteiger partial charge in [0.15, 0.2) is 5.79 Å². The van der Waals surface area contributed by atoms with Gasteiger partial charge in [-0.15, -0.1) is 0 Å². The number of ether oxygens (including phenoxy) is 2. The number of methoxy groups -OCH3 is 1. The maximum absolute atomic E-state index is 10.9. The average Bonchev–Trinajstić information content (AvgIpc) is 2.59. The number of aliphatic hydroxyl groups is 2. The zero-order valence-electron chi connectivity index (χ0n) is 14.9. The first-order chi connectivity index (χ1) is 11.5. The summed E-state index contributed by atoms with van der Waals surface area (Å²) in [5, 5.41) is 21.5. The number of aliphatic hydroxyl groups excluding tert-OH is 2. The fraction of sp³-hybridized carbons (Fsp3) is 1.00. The number of likely N-dealkylation sites (tertiary alicyclic amines) is 1. The molecule has 24 heavy (non-hydrogen) atoms. The molecule has 5 heteroatoms. The molecule has 9 unspecified atom stereocenters. The summed E-state index contributed by atoms with van der Waals surface area (Å²) < 4.78 is 12.2. The Balaban J connectivity index is 1.59. The lowest BCUT2D eigenvalue weighted by Crippen LogP contribution is -2.73. The van der Waals surface area contributed by atoms with Crippen LogP contribution in [0.25, 0.3) is 0 Å². The minimum atomic E-state index is -0.902. The zero-order chi connectivity index (χ0) is 16.7. The molecule has 2 heterocycles. The molecule has 5 nitrogen and oxygen atoms in total. The van der Waals surface area contributed by atoms with E-state index < -0.39 is 18.0 Å². The van der Waals surface area contributed by atoms with Crippen molar-refractivity contribution in [1.29, 1.82) is 0 Å². The molecule has 5 aliphatic rings. The molecule has 0 aromatic carbocycles. The van der Waals surface area contributed by atoms with Crippen molar-refractivity contribution >= 4 is 0 Å². The smallest absolute Gasteiger partial charge is 0.195 e. The molecule has 5 fully saturated rings. The molecular formula is C19H31NO4. The van der Waals surface area contributed by atoms with E-state index in [0.29, 0.717) is 23.8 Å². The molecule has 0 aromatic rings. The van der Waals surface area contributed by atoms with Crippen LogP contribution in [0.15, 0.2) is 0 Å². The Morgan fingerprint density at radius 3 is 2.75 bits per heavy atom. The van der Waals surface area contributed by atoms with Crippen LogP contribution in [0.3, 0.4) is 0 Å². The second-order valence-corrected chi connectivity index (χ2v) is 9.23. The third-order valence-corrected chi connectivity index (χ3v) is 8.45. The molecule has 2 aliphatic heterocycles. The first kappa shape index (κ1) is 16.0. The topological polar surface area (TPSA) is 62.2 Å². The minimum Gasteiger partial charge on any atom is -0.390 e. The second-order valence-electron chi connectivity index (χ2n) is 9.23. The zero-order valence-corrected chi connectivity index (χ0v) is 14.9. The van der Waals surface area contributed by atoms with Crippen LogP contribution < -0.4 is 0 Å². The normalized spacial score (nSPS) is 59.8. The highest BCUT2D eigenvalue weighted by Crippen LogP contribution is 2.66. The van der Waals surface area contributed by atoms with Gasteiger partial charge in [-0.1, -0.05) is 0 Å². The second kappa shape index (κ2) is 5.17. The first-order valence-electron chi connectivity index (χ1n) is 9.79. The van der Waals surface area contributed by atoms with Gasteiger partial charge in [-0.3, -0.25) is 0 Å². The number of fused-ring (bicyclic) bond motifs is 1. The largest absolute Gasteiger partial charge is 0.390 e. The van der Waals surface area contributed by atoms with E-state index in [1.807, 2.05) is 0 Å². The molecule has 0 aromatic heterocycles. The predicted molar refractivity (Wildman–Crippen MR) is 88.3 cm³/mol. The van der Waals surface area contributed by atoms with E-state index in [4.69, 9.17) is 9.47 Å². The summed E-state index contributed by atoms with van der Waals surface area (Å²) in [6.07, 6.45) is 5.90. The van der Waals surface area contributed by atoms with E-state index in [0.717, 1.165) is 32.2 Å². The van der Waals surface area contributed by atoms with Crippen molar-refractivity contribution in [3.63, 3.8) is 0 Å². The van der Waals surface area contributed by atoms with E-state index in [-0.39, 0.29) is 11.5 Å². The molecule has 0 amide bonds. The van der Waals surface area contributed by atoms with Crippen molar-refractivity contribution in [2.45, 2.75) is 75.1 Å². The maximum Gasteiger partial charge on any atom is 0.195 e. The Kier molecular flexibility index (Phi) is 3.45. The Hall–Kier alpha value is -0.200. The Labute approximate surface area is 144 Å². The monoisotopic (exact) mass is 337 g/mol. The predicted octanol–water partition coefficient (Wildman–Crippen LogP) is 1.37. The quantitative estimate of drug-likeness (QED) is 0.757. The minimum absolute atomic E-state index is 0.177. The molecule has 2 saturated heterocycles. The molecule has 3 aliphatic carbocycles. The van der Waals surface area contributed by atoms with Crippen molar-refractivity contribution in [3.05, 3.63) is 0 Å². The van der Waals surface area contributed by atoms with E-state index in [1.54, 1.807) is 7.11 Å². The summed E-state index contributed by atoms with van der Waals surface area (Å²) in [7, 11) is 3.92. The fourth-order valence-electron chi connectivity index (χ4n) is 7.42. The molecule has 1 spiro atoms. The number of hydrogen-bond donors (Lipinski definition) is 2. The van der Waals surface area contributed by atoms with Crippen molar-refractivity contribution in [1.82, 2.24) is 4.90 Å². The molecule has 3 saturated carbocycles. The van der Waals surface area contributed by atoms with Gasteiger partial charge in [0.05, 0.1) is 12.2 Å². The van der Waals surface area contributed by atoms with Crippen LogP contribution in [0.4, 0.5) is 0 Å². The van der Waals surface area contributed by atoms with Gasteiger partial charge < -0.3 is 24.6 Å². The van der Waals surface area contributed by atoms with E-state index in [9.17, 15) is 10.2 Å². The lowest BCUT2D eigenvalue weighted by atomic mass is 9.45. The van der Waals surface area contributed by atoms with Crippen LogP contribution in [0.5, 0.6) is 0 Å². The van der Waals surface area contributed by atoms with Gasteiger partial charge in [-0.25, -0.2) is 0 Å². The Morgan fingerprint density at radius 1 is 1.17 bits per heavy atom. The molecule has 9 atom stereocenters. The van der Waals surface area contributed by atoms with Gasteiger partial charge in [0.1, 0.15) is 6.10 Å². The summed E-state index contributed by atoms with van der Waals surface area (Å²) in [5.41, 5.74) is 0.178. The highest BCUT2D eigenvalue weighted by Gasteiger charge is 2.68. The van der Waals surface area contributed by atoms with E-state index in [1.165, 1.54) is 19.3 Å². The molecule has 2 N–H and O–H groups in total. The fourth-order valence-corrected chi connectivity index (χ4v) is 7.42. The standard InChI is InChI=1S/C19H31NO4/c1-20-8-5-11-9-13(21)17-16-15(11)12(20)3-6-18(16)7-4-14(22)19(10-18,23-2)24-17/h11-17,21-22H,3-10H2,1-2H3. The lowest BCUT2D eigenvalue weighted by molar-refractivity contribution is -0.392. The molecule has 5 rings (SSSR count). The average molecular weight is 337 g/mol. The maximum atomic E-state index is 10.9. The van der Waals surface area contributed by atoms with Crippen LogP contribution in [-0.4, -0.2) is 66.0 Å². The van der Waals surface area contributed by atoms with Gasteiger partial charge >= 0.3 is 0 Å². The number of nitrogens with zero attached hydrogens (tertiary/aromatic N) is 1. The molecule has 2 bridgehead atoms. The summed E-state index contributed by atoms with van der Waals surface area (Å²) in [5.74, 6) is 0.783. The first-order valence-corrected chi connectivity index (χ1v) is 9.79. The number of rotatable bonds is 1. The summed E-state index contributed by atoms with van der Waals surface area (Å²) >= 11 is 0. The summed E-state index contributed by atoms with van der Waals surface area (Å²) in [6.45, 7) is 1.16. The lowest BCUT2D eigenvalue weighted by Gasteiger charge is -2.69. The van der Waals surface area contributed by atoms with Crippen LogP contribution in [0, 0.1) is 23.2 Å². The number of piperidine rings is 1. The van der Waals surface area contributed by atoms with Gasteiger partial charge in [-0.2, -0.15) is 0 Å². The Bertz CT molecular complexity index is 529. The third kappa shape index (κ3) is 1.88. The SMILES string of the molecule is COC12CC3(CCC4C5C(CCN4C)CC(O)C(O1)C53)CCC2O. The van der Waals surface area contributed by atoms with Crippen molar-refractivity contribution < 1.29 is 19.7 Å². The van der Waals surface area contributed by atoms with Gasteiger partial charge in [0, 0.05) is 19.6 Å². The highest BCUT2D eigenvalue weighted by atomic mass is 16.7. The van der Waals surface area contributed by atoms with Crippen LogP contribution >= 0.6 is 0 Å². The molecular weight excluding hydrogens is 306 g/mol. The highest BCUT2D eigenvalue weighted by molar-refractivity contribution is 5.15. The third-order valence-electron chi connectivity index (χ3n) is 8.45. The molecule has 136 valence electrons. The van der Waals surface area contributed by atoms with Crippen molar-refractivity contribution in [2.75, 3.05) is 20.7 Å². The van der Waals surface area contributed by atoms with E-state index >= 15 is 0 Å². The van der Waals surface area contributed by atoms with Gasteiger partial charge in [-0.05, 0) is 75.3 Å². The summed E-state index contributed by atoms with van der Waals surface area (Å²) in [6, 6.07) is 0.639.